The van der Waals surface area contributed by atoms with Crippen LogP contribution in [0, 0.1) is 0 Å². The maximum atomic E-state index is 12.5. The standard InChI is InChI=1S/C17H22N4O5S3/c18-28(23,24)15-5-3-14(4-6-15)19-16(22)7-8-20-9-11-21(12-10-20)29(25,26)17-2-1-13-27-17/h1-6,13H,7-12H2,(H,19,22)(H2,18,23,24). The third kappa shape index (κ3) is 5.62. The Kier molecular flexibility index (Phi) is 6.71. The van der Waals surface area contributed by atoms with Crippen LogP contribution in [0.25, 0.3) is 0 Å². The van der Waals surface area contributed by atoms with Gasteiger partial charge < -0.3 is 10.2 Å². The van der Waals surface area contributed by atoms with Crippen LogP contribution in [0.5, 0.6) is 0 Å². The first-order valence-electron chi connectivity index (χ1n) is 8.85. The molecule has 12 heteroatoms. The van der Waals surface area contributed by atoms with Crippen LogP contribution in [0.2, 0.25) is 0 Å². The molecule has 29 heavy (non-hydrogen) atoms. The Morgan fingerprint density at radius 1 is 1.03 bits per heavy atom. The highest BCUT2D eigenvalue weighted by molar-refractivity contribution is 7.91. The van der Waals surface area contributed by atoms with Gasteiger partial charge in [0, 0.05) is 44.8 Å². The van der Waals surface area contributed by atoms with E-state index in [0.717, 1.165) is 0 Å². The number of thiophene rings is 1. The molecule has 1 amide bonds. The molecule has 1 aromatic heterocycles. The molecule has 2 heterocycles. The Hall–Kier alpha value is -1.83. The van der Waals surface area contributed by atoms with Gasteiger partial charge in [-0.05, 0) is 35.7 Å². The van der Waals surface area contributed by atoms with E-state index in [-0.39, 0.29) is 17.2 Å². The molecule has 0 saturated carbocycles. The summed E-state index contributed by atoms with van der Waals surface area (Å²) in [6.45, 7) is 2.39. The van der Waals surface area contributed by atoms with Crippen molar-refractivity contribution >= 4 is 43.0 Å². The van der Waals surface area contributed by atoms with E-state index < -0.39 is 20.0 Å². The number of hydrogen-bond donors (Lipinski definition) is 2. The maximum Gasteiger partial charge on any atom is 0.252 e. The van der Waals surface area contributed by atoms with Gasteiger partial charge in [-0.3, -0.25) is 4.79 Å². The van der Waals surface area contributed by atoms with E-state index in [1.165, 1.54) is 39.9 Å². The summed E-state index contributed by atoms with van der Waals surface area (Å²) < 4.78 is 49.3. The van der Waals surface area contributed by atoms with Crippen LogP contribution >= 0.6 is 11.3 Å². The van der Waals surface area contributed by atoms with E-state index >= 15 is 0 Å². The lowest BCUT2D eigenvalue weighted by Gasteiger charge is -2.33. The average molecular weight is 459 g/mol. The number of piperazine rings is 1. The second-order valence-corrected chi connectivity index (χ2v) is 11.2. The van der Waals surface area contributed by atoms with Crippen molar-refractivity contribution in [3.05, 3.63) is 41.8 Å². The number of nitrogens with zero attached hydrogens (tertiary/aromatic N) is 2. The van der Waals surface area contributed by atoms with Crippen LogP contribution < -0.4 is 10.5 Å². The second kappa shape index (κ2) is 8.90. The number of carbonyl (C=O) groups excluding carboxylic acids is 1. The summed E-state index contributed by atoms with van der Waals surface area (Å²) in [4.78, 5) is 14.2. The largest absolute Gasteiger partial charge is 0.326 e. The summed E-state index contributed by atoms with van der Waals surface area (Å²) in [5.74, 6) is -0.206. The van der Waals surface area contributed by atoms with Gasteiger partial charge in [-0.15, -0.1) is 11.3 Å². The van der Waals surface area contributed by atoms with Crippen molar-refractivity contribution in [2.75, 3.05) is 38.0 Å². The minimum atomic E-state index is -3.77. The molecule has 1 aromatic carbocycles. The summed E-state index contributed by atoms with van der Waals surface area (Å²) >= 11 is 1.21. The number of sulfonamides is 2. The lowest BCUT2D eigenvalue weighted by Crippen LogP contribution is -2.48. The number of nitrogens with two attached hydrogens (primary N) is 1. The molecule has 158 valence electrons. The van der Waals surface area contributed by atoms with E-state index in [1.54, 1.807) is 17.5 Å². The SMILES string of the molecule is NS(=O)(=O)c1ccc(NC(=O)CCN2CCN(S(=O)(=O)c3cccs3)CC2)cc1. The second-order valence-electron chi connectivity index (χ2n) is 6.55. The number of primary sulfonamides is 1. The summed E-state index contributed by atoms with van der Waals surface area (Å²) in [7, 11) is -7.20. The summed E-state index contributed by atoms with van der Waals surface area (Å²) in [6.07, 6.45) is 0.245. The quantitative estimate of drug-likeness (QED) is 0.629. The van der Waals surface area contributed by atoms with Crippen molar-refractivity contribution in [2.45, 2.75) is 15.5 Å². The molecular weight excluding hydrogens is 436 g/mol. The number of carbonyl (C=O) groups is 1. The summed E-state index contributed by atoms with van der Waals surface area (Å²) in [5, 5.41) is 9.49. The summed E-state index contributed by atoms with van der Waals surface area (Å²) in [5.41, 5.74) is 0.481. The first-order valence-corrected chi connectivity index (χ1v) is 12.7. The fourth-order valence-corrected chi connectivity index (χ4v) is 6.02. The average Bonchev–Trinajstić information content (AvgIpc) is 3.22. The van der Waals surface area contributed by atoms with Gasteiger partial charge >= 0.3 is 0 Å². The third-order valence-electron chi connectivity index (χ3n) is 4.54. The number of amides is 1. The van der Waals surface area contributed by atoms with Gasteiger partial charge in [0.1, 0.15) is 4.21 Å². The minimum absolute atomic E-state index is 0.0223. The van der Waals surface area contributed by atoms with Gasteiger partial charge in [-0.25, -0.2) is 22.0 Å². The number of anilines is 1. The highest BCUT2D eigenvalue weighted by atomic mass is 32.2. The van der Waals surface area contributed by atoms with E-state index in [4.69, 9.17) is 5.14 Å². The molecule has 1 aliphatic rings. The van der Waals surface area contributed by atoms with Crippen LogP contribution in [0.15, 0.2) is 50.9 Å². The number of benzene rings is 1. The number of nitrogens with one attached hydrogen (secondary N) is 1. The molecular formula is C17H22N4O5S3. The van der Waals surface area contributed by atoms with E-state index in [0.29, 0.717) is 42.6 Å². The predicted octanol–water partition coefficient (Wildman–Crippen LogP) is 0.731. The normalized spacial score (nSPS) is 16.6. The van der Waals surface area contributed by atoms with Gasteiger partial charge in [0.25, 0.3) is 10.0 Å². The van der Waals surface area contributed by atoms with E-state index in [1.807, 2.05) is 4.90 Å². The van der Waals surface area contributed by atoms with Gasteiger partial charge in [0.05, 0.1) is 4.90 Å². The lowest BCUT2D eigenvalue weighted by molar-refractivity contribution is -0.116. The third-order valence-corrected chi connectivity index (χ3v) is 8.74. The number of rotatable bonds is 7. The molecule has 1 aliphatic heterocycles. The zero-order chi connectivity index (χ0) is 21.1. The Morgan fingerprint density at radius 3 is 2.24 bits per heavy atom. The van der Waals surface area contributed by atoms with Gasteiger partial charge in [-0.2, -0.15) is 4.31 Å². The molecule has 3 N–H and O–H groups in total. The number of hydrogen-bond acceptors (Lipinski definition) is 7. The Morgan fingerprint density at radius 2 is 1.69 bits per heavy atom. The minimum Gasteiger partial charge on any atom is -0.326 e. The van der Waals surface area contributed by atoms with Gasteiger partial charge in [0.2, 0.25) is 15.9 Å². The monoisotopic (exact) mass is 458 g/mol. The van der Waals surface area contributed by atoms with Crippen LogP contribution in [0.3, 0.4) is 0 Å². The fraction of sp³-hybridized carbons (Fsp3) is 0.353. The molecule has 0 spiro atoms. The van der Waals surface area contributed by atoms with Crippen LogP contribution in [-0.2, 0) is 24.8 Å². The first kappa shape index (κ1) is 21.9. The zero-order valence-corrected chi connectivity index (χ0v) is 18.0. The molecule has 9 nitrogen and oxygen atoms in total. The molecule has 0 unspecified atom stereocenters. The maximum absolute atomic E-state index is 12.5. The van der Waals surface area contributed by atoms with E-state index in [9.17, 15) is 21.6 Å². The lowest BCUT2D eigenvalue weighted by atomic mass is 10.3. The van der Waals surface area contributed by atoms with Crippen LogP contribution in [0.1, 0.15) is 6.42 Å². The van der Waals surface area contributed by atoms with Crippen molar-refractivity contribution < 1.29 is 21.6 Å². The molecule has 0 bridgehead atoms. The molecule has 1 fully saturated rings. The molecule has 0 atom stereocenters. The van der Waals surface area contributed by atoms with Gasteiger partial charge in [-0.1, -0.05) is 6.07 Å². The highest BCUT2D eigenvalue weighted by Gasteiger charge is 2.29. The topological polar surface area (TPSA) is 130 Å². The van der Waals surface area contributed by atoms with Crippen molar-refractivity contribution in [3.63, 3.8) is 0 Å². The van der Waals surface area contributed by atoms with Crippen molar-refractivity contribution in [1.82, 2.24) is 9.21 Å². The van der Waals surface area contributed by atoms with Crippen LogP contribution in [0.4, 0.5) is 5.69 Å². The van der Waals surface area contributed by atoms with Crippen molar-refractivity contribution in [2.24, 2.45) is 5.14 Å². The Labute approximate surface area is 174 Å². The molecule has 0 radical (unpaired) electrons. The first-order chi connectivity index (χ1) is 13.7. The fourth-order valence-electron chi connectivity index (χ4n) is 2.94. The van der Waals surface area contributed by atoms with Crippen LogP contribution in [-0.4, -0.2) is 64.7 Å². The summed E-state index contributed by atoms with van der Waals surface area (Å²) in [6, 6.07) is 8.94. The highest BCUT2D eigenvalue weighted by Crippen LogP contribution is 2.22. The molecule has 0 aliphatic carbocycles. The zero-order valence-electron chi connectivity index (χ0n) is 15.5. The Balaban J connectivity index is 1.45. The van der Waals surface area contributed by atoms with Gasteiger partial charge in [0.15, 0.2) is 0 Å². The van der Waals surface area contributed by atoms with Crippen molar-refractivity contribution in [1.29, 1.82) is 0 Å². The molecule has 2 aromatic rings. The molecule has 3 rings (SSSR count). The van der Waals surface area contributed by atoms with Crippen molar-refractivity contribution in [3.8, 4) is 0 Å². The molecule has 1 saturated heterocycles. The predicted molar refractivity (Wildman–Crippen MR) is 111 cm³/mol. The smallest absolute Gasteiger partial charge is 0.252 e. The van der Waals surface area contributed by atoms with E-state index in [2.05, 4.69) is 5.32 Å². The Bertz CT molecular complexity index is 1040.